The summed E-state index contributed by atoms with van der Waals surface area (Å²) in [6.45, 7) is 1.53. The Bertz CT molecular complexity index is 1440. The molecule has 0 aliphatic heterocycles. The summed E-state index contributed by atoms with van der Waals surface area (Å²) in [5.41, 5.74) is 3.93. The number of aliphatic hydroxyl groups excluding tert-OH is 1. The highest BCUT2D eigenvalue weighted by Crippen LogP contribution is 2.36. The molecule has 0 saturated heterocycles. The van der Waals surface area contributed by atoms with Gasteiger partial charge in [-0.3, -0.25) is 4.79 Å². The van der Waals surface area contributed by atoms with Gasteiger partial charge in [0.2, 0.25) is 5.78 Å². The number of hydrogen-bond donors (Lipinski definition) is 2. The van der Waals surface area contributed by atoms with Crippen LogP contribution in [0.4, 0.5) is 10.1 Å². The molecule has 0 saturated carbocycles. The van der Waals surface area contributed by atoms with Gasteiger partial charge in [-0.2, -0.15) is 0 Å². The number of aromatic nitrogens is 1. The SMILES string of the molecule is COC(=O)c1c(-c2ccccc2)c(C(=O)C(Nc2cc(CO)cc(OC)c2)c2ccc(F)cc2)n(C)c1C. The minimum Gasteiger partial charge on any atom is -0.497 e. The predicted molar refractivity (Wildman–Crippen MR) is 143 cm³/mol. The molecule has 196 valence electrons. The zero-order chi connectivity index (χ0) is 27.4. The van der Waals surface area contributed by atoms with Gasteiger partial charge in [-0.1, -0.05) is 42.5 Å². The molecular weight excluding hydrogens is 487 g/mol. The lowest BCUT2D eigenvalue weighted by Crippen LogP contribution is -2.24. The zero-order valence-electron chi connectivity index (χ0n) is 21.6. The van der Waals surface area contributed by atoms with E-state index >= 15 is 0 Å². The maximum Gasteiger partial charge on any atom is 0.340 e. The monoisotopic (exact) mass is 516 g/mol. The molecule has 38 heavy (non-hydrogen) atoms. The molecule has 1 atom stereocenters. The van der Waals surface area contributed by atoms with Crippen LogP contribution in [-0.2, 0) is 18.4 Å². The molecule has 0 fully saturated rings. The topological polar surface area (TPSA) is 89.8 Å². The molecular formula is C30H29FN2O5. The molecule has 0 aliphatic carbocycles. The van der Waals surface area contributed by atoms with E-state index in [0.717, 1.165) is 0 Å². The van der Waals surface area contributed by atoms with Crippen molar-refractivity contribution in [2.45, 2.75) is 19.6 Å². The lowest BCUT2D eigenvalue weighted by Gasteiger charge is -2.22. The number of methoxy groups -OCH3 is 2. The fraction of sp³-hybridized carbons (Fsp3) is 0.200. The van der Waals surface area contributed by atoms with Crippen molar-refractivity contribution in [3.8, 4) is 16.9 Å². The van der Waals surface area contributed by atoms with Crippen LogP contribution in [0.3, 0.4) is 0 Å². The number of ether oxygens (including phenoxy) is 2. The second kappa shape index (κ2) is 11.3. The summed E-state index contributed by atoms with van der Waals surface area (Å²) in [5.74, 6) is -0.833. The van der Waals surface area contributed by atoms with Crippen molar-refractivity contribution in [3.63, 3.8) is 0 Å². The number of rotatable bonds is 9. The van der Waals surface area contributed by atoms with Crippen LogP contribution in [0.15, 0.2) is 72.8 Å². The van der Waals surface area contributed by atoms with Gasteiger partial charge in [-0.15, -0.1) is 0 Å². The Morgan fingerprint density at radius 1 is 1.03 bits per heavy atom. The van der Waals surface area contributed by atoms with Crippen molar-refractivity contribution < 1.29 is 28.6 Å². The first-order chi connectivity index (χ1) is 18.3. The van der Waals surface area contributed by atoms with E-state index in [1.807, 2.05) is 30.3 Å². The van der Waals surface area contributed by atoms with Crippen LogP contribution in [0.1, 0.15) is 43.7 Å². The summed E-state index contributed by atoms with van der Waals surface area (Å²) in [6.07, 6.45) is 0. The number of esters is 1. The van der Waals surface area contributed by atoms with E-state index in [0.29, 0.717) is 50.6 Å². The maximum atomic E-state index is 14.4. The van der Waals surface area contributed by atoms with Gasteiger partial charge in [0.1, 0.15) is 17.6 Å². The van der Waals surface area contributed by atoms with Crippen LogP contribution in [0.2, 0.25) is 0 Å². The average molecular weight is 517 g/mol. The van der Waals surface area contributed by atoms with Crippen molar-refractivity contribution in [1.29, 1.82) is 0 Å². The van der Waals surface area contributed by atoms with Gasteiger partial charge in [0.15, 0.2) is 0 Å². The normalized spacial score (nSPS) is 11.6. The van der Waals surface area contributed by atoms with Gasteiger partial charge in [0.05, 0.1) is 32.1 Å². The molecule has 3 aromatic carbocycles. The Labute approximate surface area is 220 Å². The molecule has 0 radical (unpaired) electrons. The van der Waals surface area contributed by atoms with E-state index in [-0.39, 0.29) is 12.4 Å². The smallest absolute Gasteiger partial charge is 0.340 e. The van der Waals surface area contributed by atoms with Crippen molar-refractivity contribution in [3.05, 3.63) is 107 Å². The zero-order valence-corrected chi connectivity index (χ0v) is 21.6. The summed E-state index contributed by atoms with van der Waals surface area (Å²) < 4.78 is 25.9. The highest BCUT2D eigenvalue weighted by Gasteiger charge is 2.33. The number of Topliss-reactive ketones (excluding diaryl/α,β-unsaturated/α-hetero) is 1. The Kier molecular flexibility index (Phi) is 7.93. The van der Waals surface area contributed by atoms with Crippen molar-refractivity contribution in [2.75, 3.05) is 19.5 Å². The first-order valence-corrected chi connectivity index (χ1v) is 12.0. The van der Waals surface area contributed by atoms with Crippen LogP contribution in [0.25, 0.3) is 11.1 Å². The average Bonchev–Trinajstić information content (AvgIpc) is 3.21. The van der Waals surface area contributed by atoms with Gasteiger partial charge < -0.3 is 24.5 Å². The number of benzene rings is 3. The van der Waals surface area contributed by atoms with Crippen molar-refractivity contribution >= 4 is 17.4 Å². The molecule has 8 heteroatoms. The molecule has 7 nitrogen and oxygen atoms in total. The number of hydrogen-bond acceptors (Lipinski definition) is 6. The third kappa shape index (κ3) is 5.17. The first-order valence-electron chi connectivity index (χ1n) is 12.0. The van der Waals surface area contributed by atoms with Gasteiger partial charge in [-0.25, -0.2) is 9.18 Å². The third-order valence-electron chi connectivity index (χ3n) is 6.53. The molecule has 4 aromatic rings. The van der Waals surface area contributed by atoms with Crippen LogP contribution in [0.5, 0.6) is 5.75 Å². The summed E-state index contributed by atoms with van der Waals surface area (Å²) >= 11 is 0. The molecule has 0 bridgehead atoms. The van der Waals surface area contributed by atoms with Crippen LogP contribution >= 0.6 is 0 Å². The summed E-state index contributed by atoms with van der Waals surface area (Å²) in [7, 11) is 4.53. The Balaban J connectivity index is 1.92. The number of anilines is 1. The fourth-order valence-electron chi connectivity index (χ4n) is 4.54. The number of carbonyl (C=O) groups excluding carboxylic acids is 2. The van der Waals surface area contributed by atoms with Gasteiger partial charge in [0, 0.05) is 30.1 Å². The minimum atomic E-state index is -0.963. The number of halogens is 1. The number of nitrogens with zero attached hydrogens (tertiary/aromatic N) is 1. The third-order valence-corrected chi connectivity index (χ3v) is 6.53. The number of ketones is 1. The second-order valence-electron chi connectivity index (χ2n) is 8.82. The number of aliphatic hydroxyl groups is 1. The first kappa shape index (κ1) is 26.6. The largest absolute Gasteiger partial charge is 0.497 e. The lowest BCUT2D eigenvalue weighted by molar-refractivity contribution is 0.0600. The van der Waals surface area contributed by atoms with Crippen molar-refractivity contribution in [1.82, 2.24) is 4.57 Å². The van der Waals surface area contributed by atoms with E-state index in [4.69, 9.17) is 9.47 Å². The predicted octanol–water partition coefficient (Wildman–Crippen LogP) is 5.46. The van der Waals surface area contributed by atoms with Crippen LogP contribution in [0, 0.1) is 12.7 Å². The van der Waals surface area contributed by atoms with Gasteiger partial charge >= 0.3 is 5.97 Å². The summed E-state index contributed by atoms with van der Waals surface area (Å²) in [4.78, 5) is 27.3. The Morgan fingerprint density at radius 3 is 2.32 bits per heavy atom. The molecule has 2 N–H and O–H groups in total. The number of nitrogens with one attached hydrogen (secondary N) is 1. The molecule has 1 aromatic heterocycles. The lowest BCUT2D eigenvalue weighted by atomic mass is 9.93. The summed E-state index contributed by atoms with van der Waals surface area (Å²) in [5, 5.41) is 13.0. The van der Waals surface area contributed by atoms with E-state index in [1.165, 1.54) is 38.5 Å². The van der Waals surface area contributed by atoms with E-state index in [2.05, 4.69) is 5.32 Å². The second-order valence-corrected chi connectivity index (χ2v) is 8.82. The van der Waals surface area contributed by atoms with Gasteiger partial charge in [0.25, 0.3) is 0 Å². The molecule has 0 spiro atoms. The van der Waals surface area contributed by atoms with Gasteiger partial charge in [-0.05, 0) is 47.9 Å². The maximum absolute atomic E-state index is 14.4. The van der Waals surface area contributed by atoms with E-state index < -0.39 is 17.8 Å². The molecule has 0 aliphatic rings. The molecule has 1 heterocycles. The quantitative estimate of drug-likeness (QED) is 0.227. The summed E-state index contributed by atoms with van der Waals surface area (Å²) in [6, 6.07) is 19.0. The molecule has 4 rings (SSSR count). The highest BCUT2D eigenvalue weighted by atomic mass is 19.1. The van der Waals surface area contributed by atoms with Crippen LogP contribution < -0.4 is 10.1 Å². The van der Waals surface area contributed by atoms with Crippen LogP contribution in [-0.4, -0.2) is 35.6 Å². The highest BCUT2D eigenvalue weighted by molar-refractivity contribution is 6.11. The van der Waals surface area contributed by atoms with Crippen molar-refractivity contribution in [2.24, 2.45) is 7.05 Å². The molecule has 1 unspecified atom stereocenters. The number of carbonyl (C=O) groups is 2. The fourth-order valence-corrected chi connectivity index (χ4v) is 4.54. The molecule has 0 amide bonds. The minimum absolute atomic E-state index is 0.224. The standard InChI is InChI=1S/C30H29FN2O5/c1-18-25(30(36)38-4)26(20-8-6-5-7-9-20)28(33(18)2)29(35)27(21-10-12-22(31)13-11-21)32-23-14-19(17-34)15-24(16-23)37-3/h5-16,27,32,34H,17H2,1-4H3. The van der Waals surface area contributed by atoms with E-state index in [9.17, 15) is 19.1 Å². The Morgan fingerprint density at radius 2 is 1.71 bits per heavy atom. The Hall–Kier alpha value is -4.43. The van der Waals surface area contributed by atoms with E-state index in [1.54, 1.807) is 36.7 Å².